The molecule has 1 aromatic heterocycles. The molecule has 1 aliphatic rings. The molecule has 0 aromatic carbocycles. The molecule has 1 fully saturated rings. The molecule has 0 aliphatic heterocycles. The van der Waals surface area contributed by atoms with Crippen molar-refractivity contribution in [2.75, 3.05) is 7.11 Å². The minimum atomic E-state index is -1.03. The van der Waals surface area contributed by atoms with Crippen molar-refractivity contribution < 1.29 is 14.6 Å². The van der Waals surface area contributed by atoms with Gasteiger partial charge in [-0.25, -0.2) is 14.8 Å². The highest BCUT2D eigenvalue weighted by Gasteiger charge is 2.38. The molecule has 0 bridgehead atoms. The molecule has 1 aromatic rings. The molecule has 0 saturated heterocycles. The first-order valence-electron chi connectivity index (χ1n) is 5.30. The van der Waals surface area contributed by atoms with Crippen LogP contribution in [-0.4, -0.2) is 28.2 Å². The van der Waals surface area contributed by atoms with Crippen LogP contribution in [0.1, 0.15) is 42.0 Å². The molecule has 1 heterocycles. The van der Waals surface area contributed by atoms with Gasteiger partial charge in [0.25, 0.3) is 0 Å². The second-order valence-electron chi connectivity index (χ2n) is 3.98. The van der Waals surface area contributed by atoms with Crippen molar-refractivity contribution in [3.05, 3.63) is 23.8 Å². The van der Waals surface area contributed by atoms with E-state index in [1.54, 1.807) is 7.11 Å². The second kappa shape index (κ2) is 4.17. The minimum absolute atomic E-state index is 0.0216. The van der Waals surface area contributed by atoms with Gasteiger partial charge in [0, 0.05) is 13.3 Å². The van der Waals surface area contributed by atoms with E-state index in [0.29, 0.717) is 5.82 Å². The highest BCUT2D eigenvalue weighted by Crippen LogP contribution is 2.39. The van der Waals surface area contributed by atoms with Crippen molar-refractivity contribution in [3.8, 4) is 0 Å². The van der Waals surface area contributed by atoms with E-state index in [1.165, 1.54) is 12.3 Å². The molecule has 1 aliphatic carbocycles. The Labute approximate surface area is 93.5 Å². The van der Waals surface area contributed by atoms with Gasteiger partial charge in [-0.3, -0.25) is 0 Å². The van der Waals surface area contributed by atoms with Crippen LogP contribution in [0.5, 0.6) is 0 Å². The number of carbonyl (C=O) groups is 1. The summed E-state index contributed by atoms with van der Waals surface area (Å²) in [6.07, 6.45) is 5.31. The summed E-state index contributed by atoms with van der Waals surface area (Å²) >= 11 is 0. The molecular formula is C11H14N2O3. The predicted octanol–water partition coefficient (Wildman–Crippen LogP) is 1.59. The zero-order chi connectivity index (χ0) is 11.6. The van der Waals surface area contributed by atoms with Gasteiger partial charge in [0.15, 0.2) is 11.5 Å². The summed E-state index contributed by atoms with van der Waals surface area (Å²) in [6, 6.07) is 1.39. The van der Waals surface area contributed by atoms with Gasteiger partial charge in [-0.15, -0.1) is 0 Å². The standard InChI is InChI=1S/C11H14N2O3/c1-16-11(5-2-3-6-11)10-12-7-4-8(13-10)9(14)15/h4,7H,2-3,5-6H2,1H3,(H,14,15). The smallest absolute Gasteiger partial charge is 0.354 e. The highest BCUT2D eigenvalue weighted by atomic mass is 16.5. The Kier molecular flexibility index (Phi) is 2.87. The Hall–Kier alpha value is -1.49. The fourth-order valence-electron chi connectivity index (χ4n) is 2.16. The molecule has 16 heavy (non-hydrogen) atoms. The van der Waals surface area contributed by atoms with Crippen LogP contribution >= 0.6 is 0 Å². The first kappa shape index (κ1) is 11.0. The lowest BCUT2D eigenvalue weighted by Crippen LogP contribution is -2.28. The number of nitrogens with zero attached hydrogens (tertiary/aromatic N) is 2. The number of rotatable bonds is 3. The number of carboxylic acids is 1. The minimum Gasteiger partial charge on any atom is -0.477 e. The van der Waals surface area contributed by atoms with Gasteiger partial charge >= 0.3 is 5.97 Å². The third-order valence-electron chi connectivity index (χ3n) is 3.08. The lowest BCUT2D eigenvalue weighted by atomic mass is 10.0. The van der Waals surface area contributed by atoms with Crippen molar-refractivity contribution in [3.63, 3.8) is 0 Å². The zero-order valence-electron chi connectivity index (χ0n) is 9.14. The molecule has 86 valence electrons. The largest absolute Gasteiger partial charge is 0.477 e. The topological polar surface area (TPSA) is 72.3 Å². The Morgan fingerprint density at radius 2 is 2.19 bits per heavy atom. The van der Waals surface area contributed by atoms with Gasteiger partial charge in [0.05, 0.1) is 0 Å². The van der Waals surface area contributed by atoms with E-state index in [2.05, 4.69) is 9.97 Å². The van der Waals surface area contributed by atoms with E-state index in [0.717, 1.165) is 25.7 Å². The third kappa shape index (κ3) is 1.78. The average molecular weight is 222 g/mol. The Balaban J connectivity index is 2.38. The van der Waals surface area contributed by atoms with Crippen LogP contribution in [0, 0.1) is 0 Å². The van der Waals surface area contributed by atoms with E-state index in [-0.39, 0.29) is 5.69 Å². The summed E-state index contributed by atoms with van der Waals surface area (Å²) < 4.78 is 5.50. The van der Waals surface area contributed by atoms with Crippen molar-refractivity contribution >= 4 is 5.97 Å². The molecule has 5 heteroatoms. The molecule has 1 N–H and O–H groups in total. The monoisotopic (exact) mass is 222 g/mol. The van der Waals surface area contributed by atoms with E-state index in [4.69, 9.17) is 9.84 Å². The van der Waals surface area contributed by atoms with Crippen LogP contribution in [0.15, 0.2) is 12.3 Å². The number of carboxylic acid groups (broad SMARTS) is 1. The predicted molar refractivity (Wildman–Crippen MR) is 56.1 cm³/mol. The van der Waals surface area contributed by atoms with Gasteiger partial charge in [-0.1, -0.05) is 0 Å². The van der Waals surface area contributed by atoms with Crippen LogP contribution in [0.4, 0.5) is 0 Å². The van der Waals surface area contributed by atoms with E-state index < -0.39 is 11.6 Å². The number of aromatic nitrogens is 2. The van der Waals surface area contributed by atoms with Crippen LogP contribution in [0.2, 0.25) is 0 Å². The van der Waals surface area contributed by atoms with Gasteiger partial charge in [0.2, 0.25) is 0 Å². The lowest BCUT2D eigenvalue weighted by molar-refractivity contribution is -0.0164. The maximum absolute atomic E-state index is 10.8. The van der Waals surface area contributed by atoms with Crippen molar-refractivity contribution in [1.82, 2.24) is 9.97 Å². The first-order valence-corrected chi connectivity index (χ1v) is 5.30. The maximum atomic E-state index is 10.8. The summed E-state index contributed by atoms with van der Waals surface area (Å²) in [5, 5.41) is 8.88. The summed E-state index contributed by atoms with van der Waals surface area (Å²) in [5.41, 5.74) is -0.459. The summed E-state index contributed by atoms with van der Waals surface area (Å²) in [4.78, 5) is 19.0. The van der Waals surface area contributed by atoms with Gasteiger partial charge in [0.1, 0.15) is 5.60 Å². The summed E-state index contributed by atoms with van der Waals surface area (Å²) in [6.45, 7) is 0. The second-order valence-corrected chi connectivity index (χ2v) is 3.98. The maximum Gasteiger partial charge on any atom is 0.354 e. The number of hydrogen-bond acceptors (Lipinski definition) is 4. The van der Waals surface area contributed by atoms with Gasteiger partial charge in [-0.05, 0) is 31.7 Å². The first-order chi connectivity index (χ1) is 7.68. The number of hydrogen-bond donors (Lipinski definition) is 1. The normalized spacial score (nSPS) is 18.6. The van der Waals surface area contributed by atoms with Crippen molar-refractivity contribution in [2.24, 2.45) is 0 Å². The fourth-order valence-corrected chi connectivity index (χ4v) is 2.16. The molecule has 0 unspecified atom stereocenters. The molecule has 0 radical (unpaired) electrons. The average Bonchev–Trinajstić information content (AvgIpc) is 2.79. The summed E-state index contributed by atoms with van der Waals surface area (Å²) in [7, 11) is 1.63. The molecule has 5 nitrogen and oxygen atoms in total. The molecular weight excluding hydrogens is 208 g/mol. The number of ether oxygens (including phenoxy) is 1. The Morgan fingerprint density at radius 1 is 1.50 bits per heavy atom. The number of methoxy groups -OCH3 is 1. The summed E-state index contributed by atoms with van der Waals surface area (Å²) in [5.74, 6) is -0.541. The van der Waals surface area contributed by atoms with Crippen molar-refractivity contribution in [2.45, 2.75) is 31.3 Å². The van der Waals surface area contributed by atoms with E-state index in [1.807, 2.05) is 0 Å². The third-order valence-corrected chi connectivity index (χ3v) is 3.08. The van der Waals surface area contributed by atoms with Crippen LogP contribution in [-0.2, 0) is 10.3 Å². The Morgan fingerprint density at radius 3 is 2.75 bits per heavy atom. The fraction of sp³-hybridized carbons (Fsp3) is 0.545. The molecule has 2 rings (SSSR count). The highest BCUT2D eigenvalue weighted by molar-refractivity contribution is 5.85. The van der Waals surface area contributed by atoms with Crippen molar-refractivity contribution in [1.29, 1.82) is 0 Å². The molecule has 0 atom stereocenters. The van der Waals surface area contributed by atoms with Crippen LogP contribution in [0.3, 0.4) is 0 Å². The zero-order valence-corrected chi connectivity index (χ0v) is 9.14. The number of aromatic carboxylic acids is 1. The van der Waals surface area contributed by atoms with E-state index in [9.17, 15) is 4.79 Å². The Bertz CT molecular complexity index is 400. The van der Waals surface area contributed by atoms with E-state index >= 15 is 0 Å². The molecule has 0 spiro atoms. The van der Waals surface area contributed by atoms with Gasteiger partial charge < -0.3 is 9.84 Å². The quantitative estimate of drug-likeness (QED) is 0.840. The van der Waals surface area contributed by atoms with Gasteiger partial charge in [-0.2, -0.15) is 0 Å². The molecule has 1 saturated carbocycles. The van der Waals surface area contributed by atoms with Crippen LogP contribution in [0.25, 0.3) is 0 Å². The van der Waals surface area contributed by atoms with Crippen LogP contribution < -0.4 is 0 Å². The SMILES string of the molecule is COC1(c2nccc(C(=O)O)n2)CCCC1. The lowest BCUT2D eigenvalue weighted by Gasteiger charge is -2.25. The molecule has 0 amide bonds.